The Kier molecular flexibility index (Phi) is 5.72. The van der Waals surface area contributed by atoms with Crippen molar-refractivity contribution in [1.82, 2.24) is 20.4 Å². The van der Waals surface area contributed by atoms with E-state index in [1.54, 1.807) is 6.20 Å². The number of carbonyl (C=O) groups excluding carboxylic acids is 1. The molecule has 1 aliphatic heterocycles. The summed E-state index contributed by atoms with van der Waals surface area (Å²) in [6, 6.07) is 13.9. The average Bonchev–Trinajstić information content (AvgIpc) is 3.16. The third kappa shape index (κ3) is 4.80. The highest BCUT2D eigenvalue weighted by Gasteiger charge is 2.21. The fourth-order valence-corrected chi connectivity index (χ4v) is 3.90. The molecule has 144 valence electrons. The van der Waals surface area contributed by atoms with Crippen molar-refractivity contribution < 1.29 is 4.79 Å². The lowest BCUT2D eigenvalue weighted by Gasteiger charge is -2.32. The number of benzene rings is 1. The minimum absolute atomic E-state index is 0.0915. The van der Waals surface area contributed by atoms with Gasteiger partial charge in [-0.25, -0.2) is 0 Å². The Morgan fingerprint density at radius 1 is 1.04 bits per heavy atom. The second kappa shape index (κ2) is 8.75. The molecule has 2 aromatic heterocycles. The van der Waals surface area contributed by atoms with Crippen LogP contribution in [0.3, 0.4) is 0 Å². The maximum Gasteiger partial charge on any atom is 0.230 e. The molecule has 1 amide bonds. The van der Waals surface area contributed by atoms with Crippen LogP contribution in [0.15, 0.2) is 48.7 Å². The van der Waals surface area contributed by atoms with Gasteiger partial charge in [0.1, 0.15) is 0 Å². The van der Waals surface area contributed by atoms with Gasteiger partial charge in [0.25, 0.3) is 0 Å². The molecule has 3 heterocycles. The van der Waals surface area contributed by atoms with Crippen molar-refractivity contribution in [2.24, 2.45) is 0 Å². The smallest absolute Gasteiger partial charge is 0.230 e. The Morgan fingerprint density at radius 3 is 2.57 bits per heavy atom. The minimum Gasteiger partial charge on any atom is -0.357 e. The molecule has 1 aromatic carbocycles. The van der Waals surface area contributed by atoms with E-state index in [1.807, 2.05) is 42.5 Å². The summed E-state index contributed by atoms with van der Waals surface area (Å²) in [4.78, 5) is 14.4. The molecule has 0 bridgehead atoms. The van der Waals surface area contributed by atoms with Gasteiger partial charge in [-0.2, -0.15) is 5.10 Å². The van der Waals surface area contributed by atoms with Gasteiger partial charge < -0.3 is 15.5 Å². The van der Waals surface area contributed by atoms with Crippen LogP contribution in [0.25, 0.3) is 0 Å². The fraction of sp³-hybridized carbons (Fsp3) is 0.316. The first-order valence-corrected chi connectivity index (χ1v) is 10.0. The molecule has 0 aliphatic carbocycles. The summed E-state index contributed by atoms with van der Waals surface area (Å²) in [5.74, 6) is 0.825. The largest absolute Gasteiger partial charge is 0.357 e. The fourth-order valence-electron chi connectivity index (χ4n) is 3.17. The standard InChI is InChI=1S/C19H21N7OS/c27-17(13-14-5-2-1-3-6-14)22-19-25-24-18(28-19)21-15-8-11-26(12-9-15)16-7-4-10-20-23-16/h1-7,10,15H,8-9,11-13H2,(H,21,24)(H,22,25,27). The first kappa shape index (κ1) is 18.3. The van der Waals surface area contributed by atoms with Crippen molar-refractivity contribution >= 4 is 33.3 Å². The summed E-state index contributed by atoms with van der Waals surface area (Å²) >= 11 is 1.36. The number of hydrogen-bond donors (Lipinski definition) is 2. The zero-order chi connectivity index (χ0) is 19.2. The SMILES string of the molecule is O=C(Cc1ccccc1)Nc1nnc(NC2CCN(c3cccnn3)CC2)s1. The molecule has 1 aliphatic rings. The molecule has 0 saturated carbocycles. The summed E-state index contributed by atoms with van der Waals surface area (Å²) in [6.07, 6.45) is 3.96. The Labute approximate surface area is 167 Å². The van der Waals surface area contributed by atoms with Crippen molar-refractivity contribution in [3.05, 3.63) is 54.2 Å². The van der Waals surface area contributed by atoms with Gasteiger partial charge in [0, 0.05) is 25.3 Å². The van der Waals surface area contributed by atoms with E-state index in [-0.39, 0.29) is 5.91 Å². The molecule has 1 fully saturated rings. The average molecular weight is 395 g/mol. The lowest BCUT2D eigenvalue weighted by Crippen LogP contribution is -2.39. The number of carbonyl (C=O) groups is 1. The molecule has 28 heavy (non-hydrogen) atoms. The van der Waals surface area contributed by atoms with Crippen molar-refractivity contribution in [1.29, 1.82) is 0 Å². The van der Waals surface area contributed by atoms with E-state index < -0.39 is 0 Å². The number of amides is 1. The van der Waals surface area contributed by atoms with E-state index in [0.717, 1.165) is 42.4 Å². The Balaban J connectivity index is 1.25. The van der Waals surface area contributed by atoms with E-state index in [2.05, 4.69) is 35.9 Å². The second-order valence-corrected chi connectivity index (χ2v) is 7.59. The molecule has 0 unspecified atom stereocenters. The minimum atomic E-state index is -0.0915. The number of hydrogen-bond acceptors (Lipinski definition) is 8. The number of nitrogens with one attached hydrogen (secondary N) is 2. The van der Waals surface area contributed by atoms with Crippen molar-refractivity contribution in [2.75, 3.05) is 28.6 Å². The Bertz CT molecular complexity index is 895. The van der Waals surface area contributed by atoms with Crippen LogP contribution in [0.5, 0.6) is 0 Å². The van der Waals surface area contributed by atoms with Gasteiger partial charge in [0.2, 0.25) is 16.2 Å². The Morgan fingerprint density at radius 2 is 1.82 bits per heavy atom. The van der Waals surface area contributed by atoms with E-state index in [4.69, 9.17) is 0 Å². The summed E-state index contributed by atoms with van der Waals surface area (Å²) in [7, 11) is 0. The topological polar surface area (TPSA) is 95.9 Å². The van der Waals surface area contributed by atoms with Crippen molar-refractivity contribution in [3.8, 4) is 0 Å². The molecule has 8 nitrogen and oxygen atoms in total. The van der Waals surface area contributed by atoms with Gasteiger partial charge in [0.15, 0.2) is 5.82 Å². The number of aromatic nitrogens is 4. The maximum absolute atomic E-state index is 12.1. The molecule has 9 heteroatoms. The van der Waals surface area contributed by atoms with Crippen molar-refractivity contribution in [2.45, 2.75) is 25.3 Å². The van der Waals surface area contributed by atoms with Gasteiger partial charge in [-0.05, 0) is 30.5 Å². The summed E-state index contributed by atoms with van der Waals surface area (Å²) in [6.45, 7) is 1.83. The van der Waals surface area contributed by atoms with Crippen molar-refractivity contribution in [3.63, 3.8) is 0 Å². The molecule has 1 saturated heterocycles. The Hall–Kier alpha value is -3.07. The summed E-state index contributed by atoms with van der Waals surface area (Å²) < 4.78 is 0. The highest BCUT2D eigenvalue weighted by molar-refractivity contribution is 7.19. The van der Waals surface area contributed by atoms with Crippen LogP contribution in [-0.4, -0.2) is 45.4 Å². The normalized spacial score (nSPS) is 14.6. The molecule has 0 atom stereocenters. The van der Waals surface area contributed by atoms with Crippen LogP contribution in [0.1, 0.15) is 18.4 Å². The molecule has 3 aromatic rings. The first-order valence-electron chi connectivity index (χ1n) is 9.23. The van der Waals surface area contributed by atoms with Gasteiger partial charge in [0.05, 0.1) is 6.42 Å². The van der Waals surface area contributed by atoms with Gasteiger partial charge in [-0.3, -0.25) is 4.79 Å². The van der Waals surface area contributed by atoms with Crippen LogP contribution >= 0.6 is 11.3 Å². The lowest BCUT2D eigenvalue weighted by atomic mass is 10.1. The van der Waals surface area contributed by atoms with Gasteiger partial charge in [-0.1, -0.05) is 41.7 Å². The number of piperidine rings is 1. The van der Waals surface area contributed by atoms with Crippen LogP contribution in [-0.2, 0) is 11.2 Å². The zero-order valence-corrected chi connectivity index (χ0v) is 16.1. The number of anilines is 3. The first-order chi connectivity index (χ1) is 13.8. The molecular weight excluding hydrogens is 374 g/mol. The lowest BCUT2D eigenvalue weighted by molar-refractivity contribution is -0.115. The second-order valence-electron chi connectivity index (χ2n) is 6.61. The molecule has 0 radical (unpaired) electrons. The number of rotatable bonds is 6. The van der Waals surface area contributed by atoms with Crippen LogP contribution < -0.4 is 15.5 Å². The van der Waals surface area contributed by atoms with Crippen LogP contribution in [0, 0.1) is 0 Å². The summed E-state index contributed by atoms with van der Waals surface area (Å²) in [5, 5.41) is 23.8. The van der Waals surface area contributed by atoms with E-state index in [1.165, 1.54) is 11.3 Å². The highest BCUT2D eigenvalue weighted by atomic mass is 32.1. The molecular formula is C19H21N7OS. The molecule has 4 rings (SSSR count). The predicted molar refractivity (Wildman–Crippen MR) is 110 cm³/mol. The van der Waals surface area contributed by atoms with Crippen LogP contribution in [0.2, 0.25) is 0 Å². The molecule has 2 N–H and O–H groups in total. The molecule has 0 spiro atoms. The number of nitrogens with zero attached hydrogens (tertiary/aromatic N) is 5. The van der Waals surface area contributed by atoms with Gasteiger partial charge in [-0.15, -0.1) is 15.3 Å². The van der Waals surface area contributed by atoms with E-state index in [0.29, 0.717) is 17.6 Å². The zero-order valence-electron chi connectivity index (χ0n) is 15.3. The maximum atomic E-state index is 12.1. The van der Waals surface area contributed by atoms with E-state index in [9.17, 15) is 4.79 Å². The van der Waals surface area contributed by atoms with Crippen LogP contribution in [0.4, 0.5) is 16.1 Å². The van der Waals surface area contributed by atoms with E-state index >= 15 is 0 Å². The monoisotopic (exact) mass is 395 g/mol. The predicted octanol–water partition coefficient (Wildman–Crippen LogP) is 2.59. The quantitative estimate of drug-likeness (QED) is 0.662. The third-order valence-electron chi connectivity index (χ3n) is 4.58. The third-order valence-corrected chi connectivity index (χ3v) is 5.35. The summed E-state index contributed by atoms with van der Waals surface area (Å²) in [5.41, 5.74) is 0.970. The van der Waals surface area contributed by atoms with Gasteiger partial charge >= 0.3 is 0 Å². The highest BCUT2D eigenvalue weighted by Crippen LogP contribution is 2.24.